The van der Waals surface area contributed by atoms with Crippen LogP contribution in [-0.2, 0) is 6.61 Å². The highest BCUT2D eigenvalue weighted by molar-refractivity contribution is 14.1. The van der Waals surface area contributed by atoms with Crippen LogP contribution >= 0.6 is 45.8 Å². The second-order valence-electron chi connectivity index (χ2n) is 7.03. The van der Waals surface area contributed by atoms with Crippen molar-refractivity contribution in [3.8, 4) is 29.1 Å². The Kier molecular flexibility index (Phi) is 7.53. The largest absolute Gasteiger partial charge is 0.490 e. The molecular formula is C25H18Cl2INO4. The second kappa shape index (κ2) is 10.6. The monoisotopic (exact) mass is 593 g/mol. The lowest BCUT2D eigenvalue weighted by atomic mass is 10.0. The minimum atomic E-state index is 0.184. The normalized spacial score (nSPS) is 12.4. The summed E-state index contributed by atoms with van der Waals surface area (Å²) in [5.41, 5.74) is 2.87. The SMILES string of the molecule is CCOc1cc(/C=C(/C#N)c2ccc3c(c2)OCO3)cc(I)c1OCc1ccc(Cl)cc1Cl. The molecule has 0 amide bonds. The maximum Gasteiger partial charge on any atom is 0.231 e. The van der Waals surface area contributed by atoms with E-state index in [0.29, 0.717) is 45.2 Å². The zero-order valence-electron chi connectivity index (χ0n) is 17.5. The van der Waals surface area contributed by atoms with Crippen LogP contribution in [0.1, 0.15) is 23.6 Å². The van der Waals surface area contributed by atoms with Gasteiger partial charge in [0.15, 0.2) is 23.0 Å². The first-order valence-corrected chi connectivity index (χ1v) is 11.9. The average Bonchev–Trinajstić information content (AvgIpc) is 3.26. The Bertz CT molecular complexity index is 1270. The number of hydrogen-bond acceptors (Lipinski definition) is 5. The van der Waals surface area contributed by atoms with Crippen LogP contribution < -0.4 is 18.9 Å². The molecule has 0 aliphatic carbocycles. The Morgan fingerprint density at radius 1 is 1.09 bits per heavy atom. The standard InChI is InChI=1S/C25H18Cl2INO4/c1-2-30-24-9-15(7-18(12-29)16-4-6-22-23(10-16)33-14-32-22)8-21(28)25(24)31-13-17-3-5-19(26)11-20(17)27/h3-11H,2,13-14H2,1H3/b18-7-. The summed E-state index contributed by atoms with van der Waals surface area (Å²) in [6.07, 6.45) is 1.81. The molecule has 1 heterocycles. The molecule has 0 fully saturated rings. The van der Waals surface area contributed by atoms with Crippen LogP contribution in [0.2, 0.25) is 10.0 Å². The zero-order chi connectivity index (χ0) is 23.4. The summed E-state index contributed by atoms with van der Waals surface area (Å²) in [5, 5.41) is 10.9. The highest BCUT2D eigenvalue weighted by Gasteiger charge is 2.16. The van der Waals surface area contributed by atoms with E-state index >= 15 is 0 Å². The molecule has 0 spiro atoms. The van der Waals surface area contributed by atoms with Gasteiger partial charge in [-0.15, -0.1) is 0 Å². The van der Waals surface area contributed by atoms with E-state index in [1.54, 1.807) is 24.3 Å². The van der Waals surface area contributed by atoms with Gasteiger partial charge in [0.2, 0.25) is 6.79 Å². The lowest BCUT2D eigenvalue weighted by Gasteiger charge is -2.15. The van der Waals surface area contributed by atoms with Crippen molar-refractivity contribution in [1.29, 1.82) is 5.26 Å². The lowest BCUT2D eigenvalue weighted by molar-refractivity contribution is 0.174. The van der Waals surface area contributed by atoms with Crippen LogP contribution in [0.4, 0.5) is 0 Å². The van der Waals surface area contributed by atoms with E-state index in [9.17, 15) is 5.26 Å². The molecule has 0 bridgehead atoms. The maximum absolute atomic E-state index is 9.77. The molecule has 8 heteroatoms. The summed E-state index contributed by atoms with van der Waals surface area (Å²) in [6, 6.07) is 16.8. The van der Waals surface area contributed by atoms with Gasteiger partial charge in [-0.1, -0.05) is 29.3 Å². The molecule has 0 atom stereocenters. The van der Waals surface area contributed by atoms with Crippen molar-refractivity contribution >= 4 is 57.4 Å². The number of ether oxygens (including phenoxy) is 4. The van der Waals surface area contributed by atoms with Gasteiger partial charge in [-0.05, 0) is 89.2 Å². The van der Waals surface area contributed by atoms with Crippen molar-refractivity contribution in [2.75, 3.05) is 13.4 Å². The summed E-state index contributed by atoms with van der Waals surface area (Å²) in [5.74, 6) is 2.50. The number of benzene rings is 3. The average molecular weight is 594 g/mol. The van der Waals surface area contributed by atoms with E-state index in [2.05, 4.69) is 28.7 Å². The summed E-state index contributed by atoms with van der Waals surface area (Å²) in [6.45, 7) is 2.82. The minimum absolute atomic E-state index is 0.184. The Morgan fingerprint density at radius 2 is 1.91 bits per heavy atom. The summed E-state index contributed by atoms with van der Waals surface area (Å²) >= 11 is 14.5. The number of halogens is 3. The number of nitriles is 1. The Hall–Kier alpha value is -2.60. The van der Waals surface area contributed by atoms with Crippen molar-refractivity contribution in [2.24, 2.45) is 0 Å². The van der Waals surface area contributed by atoms with Gasteiger partial charge in [0, 0.05) is 15.6 Å². The predicted molar refractivity (Wildman–Crippen MR) is 137 cm³/mol. The van der Waals surface area contributed by atoms with Crippen molar-refractivity contribution < 1.29 is 18.9 Å². The van der Waals surface area contributed by atoms with Crippen molar-refractivity contribution in [1.82, 2.24) is 0 Å². The minimum Gasteiger partial charge on any atom is -0.490 e. The van der Waals surface area contributed by atoms with Crippen LogP contribution in [0.15, 0.2) is 48.5 Å². The van der Waals surface area contributed by atoms with Gasteiger partial charge in [-0.25, -0.2) is 0 Å². The first-order chi connectivity index (χ1) is 16.0. The quantitative estimate of drug-likeness (QED) is 0.163. The van der Waals surface area contributed by atoms with Crippen molar-refractivity contribution in [3.05, 3.63) is 78.8 Å². The molecule has 1 aliphatic heterocycles. The van der Waals surface area contributed by atoms with Crippen LogP contribution in [0, 0.1) is 14.9 Å². The molecular weight excluding hydrogens is 576 g/mol. The molecule has 0 saturated heterocycles. The number of rotatable bonds is 7. The van der Waals surface area contributed by atoms with Crippen LogP contribution in [0.25, 0.3) is 11.6 Å². The highest BCUT2D eigenvalue weighted by Crippen LogP contribution is 2.38. The molecule has 5 nitrogen and oxygen atoms in total. The third kappa shape index (κ3) is 5.49. The van der Waals surface area contributed by atoms with Gasteiger partial charge in [-0.2, -0.15) is 5.26 Å². The molecule has 168 valence electrons. The van der Waals surface area contributed by atoms with Gasteiger partial charge < -0.3 is 18.9 Å². The Balaban J connectivity index is 1.63. The fraction of sp³-hybridized carbons (Fsp3) is 0.160. The van der Waals surface area contributed by atoms with Gasteiger partial charge in [0.05, 0.1) is 21.8 Å². The second-order valence-corrected chi connectivity index (χ2v) is 9.03. The summed E-state index contributed by atoms with van der Waals surface area (Å²) in [7, 11) is 0. The number of fused-ring (bicyclic) bond motifs is 1. The number of nitrogens with zero attached hydrogens (tertiary/aromatic N) is 1. The zero-order valence-corrected chi connectivity index (χ0v) is 21.2. The van der Waals surface area contributed by atoms with Crippen LogP contribution in [0.3, 0.4) is 0 Å². The van der Waals surface area contributed by atoms with Gasteiger partial charge in [0.1, 0.15) is 6.61 Å². The fourth-order valence-corrected chi connectivity index (χ4v) is 4.52. The van der Waals surface area contributed by atoms with E-state index in [1.807, 2.05) is 37.3 Å². The smallest absolute Gasteiger partial charge is 0.231 e. The lowest BCUT2D eigenvalue weighted by Crippen LogP contribution is -2.02. The molecule has 0 radical (unpaired) electrons. The van der Waals surface area contributed by atoms with E-state index in [4.69, 9.17) is 42.1 Å². The van der Waals surface area contributed by atoms with E-state index < -0.39 is 0 Å². The third-order valence-corrected chi connectivity index (χ3v) is 6.22. The topological polar surface area (TPSA) is 60.7 Å². The third-order valence-electron chi connectivity index (χ3n) is 4.83. The first kappa shape index (κ1) is 23.6. The van der Waals surface area contributed by atoms with E-state index in [-0.39, 0.29) is 13.4 Å². The molecule has 1 aliphatic rings. The molecule has 0 saturated carbocycles. The van der Waals surface area contributed by atoms with Gasteiger partial charge >= 0.3 is 0 Å². The molecule has 0 N–H and O–H groups in total. The molecule has 4 rings (SSSR count). The first-order valence-electron chi connectivity index (χ1n) is 10.0. The van der Waals surface area contributed by atoms with Gasteiger partial charge in [-0.3, -0.25) is 0 Å². The summed E-state index contributed by atoms with van der Waals surface area (Å²) in [4.78, 5) is 0. The van der Waals surface area contributed by atoms with Crippen LogP contribution in [-0.4, -0.2) is 13.4 Å². The predicted octanol–water partition coefficient (Wildman–Crippen LogP) is 7.37. The Labute approximate surface area is 215 Å². The Morgan fingerprint density at radius 3 is 2.67 bits per heavy atom. The van der Waals surface area contributed by atoms with Crippen molar-refractivity contribution in [3.63, 3.8) is 0 Å². The molecule has 3 aromatic rings. The molecule has 0 aromatic heterocycles. The molecule has 3 aromatic carbocycles. The highest BCUT2D eigenvalue weighted by atomic mass is 127. The molecule has 33 heavy (non-hydrogen) atoms. The maximum atomic E-state index is 9.77. The molecule has 0 unspecified atom stereocenters. The summed E-state index contributed by atoms with van der Waals surface area (Å²) < 4.78 is 23.6. The van der Waals surface area contributed by atoms with E-state index in [1.165, 1.54) is 0 Å². The van der Waals surface area contributed by atoms with Crippen LogP contribution in [0.5, 0.6) is 23.0 Å². The number of allylic oxidation sites excluding steroid dienone is 1. The fourth-order valence-electron chi connectivity index (χ4n) is 3.27. The van der Waals surface area contributed by atoms with Gasteiger partial charge in [0.25, 0.3) is 0 Å². The number of hydrogen-bond donors (Lipinski definition) is 0. The van der Waals surface area contributed by atoms with Crippen molar-refractivity contribution in [2.45, 2.75) is 13.5 Å². The van der Waals surface area contributed by atoms with E-state index in [0.717, 1.165) is 20.3 Å².